The summed E-state index contributed by atoms with van der Waals surface area (Å²) in [6, 6.07) is 14.2. The molecule has 3 aromatic rings. The maximum absolute atomic E-state index is 13.5. The Morgan fingerprint density at radius 2 is 1.86 bits per heavy atom. The van der Waals surface area contributed by atoms with Gasteiger partial charge in [-0.1, -0.05) is 41.8 Å². The maximum Gasteiger partial charge on any atom is 0.261 e. The predicted octanol–water partition coefficient (Wildman–Crippen LogP) is 4.45. The van der Waals surface area contributed by atoms with E-state index in [1.807, 2.05) is 35.8 Å². The zero-order valence-corrected chi connectivity index (χ0v) is 16.8. The number of aromatic nitrogens is 2. The van der Waals surface area contributed by atoms with E-state index in [1.165, 1.54) is 18.4 Å². The number of rotatable bonds is 4. The molecule has 1 saturated carbocycles. The topological polar surface area (TPSA) is 60.9 Å². The van der Waals surface area contributed by atoms with Gasteiger partial charge in [0.25, 0.3) is 5.56 Å². The Bertz CT molecular complexity index is 1050. The van der Waals surface area contributed by atoms with Crippen LogP contribution in [-0.2, 0) is 6.54 Å². The molecule has 2 atom stereocenters. The van der Waals surface area contributed by atoms with Crippen LogP contribution < -0.4 is 11.3 Å². The minimum absolute atomic E-state index is 0.0695. The summed E-state index contributed by atoms with van der Waals surface area (Å²) in [4.78, 5) is 18.4. The van der Waals surface area contributed by atoms with Crippen LogP contribution in [0.25, 0.3) is 22.3 Å². The Morgan fingerprint density at radius 1 is 1.07 bits per heavy atom. The van der Waals surface area contributed by atoms with E-state index in [1.54, 1.807) is 0 Å². The molecule has 0 saturated heterocycles. The fourth-order valence-electron chi connectivity index (χ4n) is 4.55. The fourth-order valence-corrected chi connectivity index (χ4v) is 4.55. The number of hydrogen-bond acceptors (Lipinski definition) is 3. The summed E-state index contributed by atoms with van der Waals surface area (Å²) >= 11 is 0. The van der Waals surface area contributed by atoms with Gasteiger partial charge in [-0.25, -0.2) is 4.98 Å². The van der Waals surface area contributed by atoms with E-state index in [2.05, 4.69) is 25.1 Å². The SMILES string of the molecule is Cc1cccc(-c2nc3ccc(C)cc3c(=O)n2CC2CCCC(CN)C2)c1. The molecule has 146 valence electrons. The van der Waals surface area contributed by atoms with Crippen molar-refractivity contribution in [1.29, 1.82) is 0 Å². The van der Waals surface area contributed by atoms with Gasteiger partial charge in [-0.05, 0) is 69.7 Å². The van der Waals surface area contributed by atoms with E-state index in [-0.39, 0.29) is 5.56 Å². The summed E-state index contributed by atoms with van der Waals surface area (Å²) in [6.07, 6.45) is 4.66. The van der Waals surface area contributed by atoms with Crippen LogP contribution in [0.3, 0.4) is 0 Å². The lowest BCUT2D eigenvalue weighted by molar-refractivity contribution is 0.246. The summed E-state index contributed by atoms with van der Waals surface area (Å²) in [5.41, 5.74) is 10.0. The molecule has 1 fully saturated rings. The first-order valence-electron chi connectivity index (χ1n) is 10.3. The van der Waals surface area contributed by atoms with Crippen molar-refractivity contribution < 1.29 is 0 Å². The molecule has 2 unspecified atom stereocenters. The first-order valence-corrected chi connectivity index (χ1v) is 10.3. The molecule has 0 spiro atoms. The average Bonchev–Trinajstić information content (AvgIpc) is 2.70. The minimum Gasteiger partial charge on any atom is -0.330 e. The van der Waals surface area contributed by atoms with Crippen LogP contribution in [0.15, 0.2) is 47.3 Å². The first-order chi connectivity index (χ1) is 13.5. The zero-order chi connectivity index (χ0) is 19.7. The monoisotopic (exact) mass is 375 g/mol. The molecule has 1 aromatic heterocycles. The number of hydrogen-bond donors (Lipinski definition) is 1. The fraction of sp³-hybridized carbons (Fsp3) is 0.417. The van der Waals surface area contributed by atoms with Crippen molar-refractivity contribution in [3.63, 3.8) is 0 Å². The van der Waals surface area contributed by atoms with Crippen LogP contribution in [0.2, 0.25) is 0 Å². The molecule has 1 aliphatic carbocycles. The molecule has 1 aliphatic rings. The number of nitrogens with two attached hydrogens (primary N) is 1. The van der Waals surface area contributed by atoms with Crippen molar-refractivity contribution in [2.45, 2.75) is 46.1 Å². The molecule has 4 nitrogen and oxygen atoms in total. The van der Waals surface area contributed by atoms with E-state index in [9.17, 15) is 4.79 Å². The normalized spacial score (nSPS) is 19.8. The van der Waals surface area contributed by atoms with Crippen LogP contribution in [-0.4, -0.2) is 16.1 Å². The molecule has 0 aliphatic heterocycles. The van der Waals surface area contributed by atoms with Gasteiger partial charge in [0.1, 0.15) is 5.82 Å². The molecular formula is C24H29N3O. The number of fused-ring (bicyclic) bond motifs is 1. The Labute approximate surface area is 166 Å². The average molecular weight is 376 g/mol. The van der Waals surface area contributed by atoms with Crippen LogP contribution in [0, 0.1) is 25.7 Å². The summed E-state index contributed by atoms with van der Waals surface area (Å²) in [6.45, 7) is 5.55. The van der Waals surface area contributed by atoms with Gasteiger partial charge >= 0.3 is 0 Å². The standard InChI is InChI=1S/C24H29N3O/c1-16-5-3-8-20(11-16)23-26-22-10-9-17(2)12-21(22)24(28)27(23)15-19-7-4-6-18(13-19)14-25/h3,5,8-12,18-19H,4,6-7,13-15,25H2,1-2H3. The van der Waals surface area contributed by atoms with Gasteiger partial charge in [-0.2, -0.15) is 0 Å². The highest BCUT2D eigenvalue weighted by molar-refractivity contribution is 5.80. The molecule has 4 rings (SSSR count). The second-order valence-electron chi connectivity index (χ2n) is 8.38. The van der Waals surface area contributed by atoms with E-state index in [4.69, 9.17) is 10.7 Å². The summed E-state index contributed by atoms with van der Waals surface area (Å²) in [5, 5.41) is 0.711. The van der Waals surface area contributed by atoms with Crippen molar-refractivity contribution in [2.24, 2.45) is 17.6 Å². The first kappa shape index (κ1) is 18.9. The number of aryl methyl sites for hydroxylation is 2. The third-order valence-electron chi connectivity index (χ3n) is 6.05. The summed E-state index contributed by atoms with van der Waals surface area (Å²) < 4.78 is 1.92. The Balaban J connectivity index is 1.85. The summed E-state index contributed by atoms with van der Waals surface area (Å²) in [5.74, 6) is 1.83. The number of nitrogens with zero attached hydrogens (tertiary/aromatic N) is 2. The third kappa shape index (κ3) is 3.74. The van der Waals surface area contributed by atoms with Gasteiger partial charge in [-0.15, -0.1) is 0 Å². The van der Waals surface area contributed by atoms with Crippen LogP contribution in [0.4, 0.5) is 0 Å². The van der Waals surface area contributed by atoms with Crippen molar-refractivity contribution >= 4 is 10.9 Å². The smallest absolute Gasteiger partial charge is 0.261 e. The van der Waals surface area contributed by atoms with Crippen LogP contribution >= 0.6 is 0 Å². The van der Waals surface area contributed by atoms with Crippen molar-refractivity contribution in [2.75, 3.05) is 6.54 Å². The van der Waals surface area contributed by atoms with Crippen molar-refractivity contribution in [3.8, 4) is 11.4 Å². The zero-order valence-electron chi connectivity index (χ0n) is 16.8. The van der Waals surface area contributed by atoms with Crippen LogP contribution in [0.5, 0.6) is 0 Å². The molecule has 2 aromatic carbocycles. The van der Waals surface area contributed by atoms with Crippen molar-refractivity contribution in [1.82, 2.24) is 9.55 Å². The lowest BCUT2D eigenvalue weighted by atomic mass is 9.81. The maximum atomic E-state index is 13.5. The molecular weight excluding hydrogens is 346 g/mol. The minimum atomic E-state index is 0.0695. The largest absolute Gasteiger partial charge is 0.330 e. The number of benzene rings is 2. The van der Waals surface area contributed by atoms with E-state index in [0.717, 1.165) is 48.4 Å². The lowest BCUT2D eigenvalue weighted by Crippen LogP contribution is -2.30. The Kier molecular flexibility index (Phi) is 5.31. The second kappa shape index (κ2) is 7.88. The van der Waals surface area contributed by atoms with Gasteiger partial charge in [-0.3, -0.25) is 9.36 Å². The van der Waals surface area contributed by atoms with Crippen LogP contribution in [0.1, 0.15) is 36.8 Å². The van der Waals surface area contributed by atoms with E-state index in [0.29, 0.717) is 17.2 Å². The lowest BCUT2D eigenvalue weighted by Gasteiger charge is -2.29. The molecule has 0 bridgehead atoms. The van der Waals surface area contributed by atoms with Gasteiger partial charge in [0.15, 0.2) is 0 Å². The summed E-state index contributed by atoms with van der Waals surface area (Å²) in [7, 11) is 0. The highest BCUT2D eigenvalue weighted by Crippen LogP contribution is 2.30. The second-order valence-corrected chi connectivity index (χ2v) is 8.38. The Morgan fingerprint density at radius 3 is 2.64 bits per heavy atom. The van der Waals surface area contributed by atoms with Crippen molar-refractivity contribution in [3.05, 3.63) is 63.9 Å². The molecule has 28 heavy (non-hydrogen) atoms. The molecule has 4 heteroatoms. The van der Waals surface area contributed by atoms with Gasteiger partial charge in [0.05, 0.1) is 10.9 Å². The molecule has 0 amide bonds. The van der Waals surface area contributed by atoms with E-state index < -0.39 is 0 Å². The molecule has 0 radical (unpaired) electrons. The third-order valence-corrected chi connectivity index (χ3v) is 6.05. The van der Waals surface area contributed by atoms with Gasteiger partial charge < -0.3 is 5.73 Å². The Hall–Kier alpha value is -2.46. The highest BCUT2D eigenvalue weighted by Gasteiger charge is 2.23. The quantitative estimate of drug-likeness (QED) is 0.733. The van der Waals surface area contributed by atoms with E-state index >= 15 is 0 Å². The predicted molar refractivity (Wildman–Crippen MR) is 115 cm³/mol. The van der Waals surface area contributed by atoms with Gasteiger partial charge in [0.2, 0.25) is 0 Å². The van der Waals surface area contributed by atoms with Gasteiger partial charge in [0, 0.05) is 12.1 Å². The molecule has 1 heterocycles. The molecule has 2 N–H and O–H groups in total. The highest BCUT2D eigenvalue weighted by atomic mass is 16.1.